The maximum Gasteiger partial charge on any atom is 0.0644 e. The third-order valence-electron chi connectivity index (χ3n) is 2.76. The van der Waals surface area contributed by atoms with Crippen molar-refractivity contribution in [3.05, 3.63) is 17.5 Å². The minimum absolute atomic E-state index is 0.262. The zero-order valence-electron chi connectivity index (χ0n) is 7.89. The first-order chi connectivity index (χ1) is 5.68. The summed E-state index contributed by atoms with van der Waals surface area (Å²) in [7, 11) is 4.00. The molecule has 12 heavy (non-hydrogen) atoms. The SMILES string of the molecule is CNC1(c2cn(C)nc2C)CC1. The van der Waals surface area contributed by atoms with E-state index < -0.39 is 0 Å². The summed E-state index contributed by atoms with van der Waals surface area (Å²) >= 11 is 0. The van der Waals surface area contributed by atoms with Crippen LogP contribution in [0.15, 0.2) is 6.20 Å². The summed E-state index contributed by atoms with van der Waals surface area (Å²) in [6.07, 6.45) is 4.62. The molecule has 0 aromatic carbocycles. The number of nitrogens with one attached hydrogen (secondary N) is 1. The molecule has 3 nitrogen and oxygen atoms in total. The molecule has 3 heteroatoms. The van der Waals surface area contributed by atoms with Gasteiger partial charge in [-0.25, -0.2) is 0 Å². The topological polar surface area (TPSA) is 29.9 Å². The minimum Gasteiger partial charge on any atom is -0.310 e. The number of nitrogens with zero attached hydrogens (tertiary/aromatic N) is 2. The summed E-state index contributed by atoms with van der Waals surface area (Å²) in [5.74, 6) is 0. The smallest absolute Gasteiger partial charge is 0.0644 e. The molecule has 0 unspecified atom stereocenters. The Bertz CT molecular complexity index is 297. The molecular formula is C9H15N3. The second-order valence-electron chi connectivity index (χ2n) is 3.63. The van der Waals surface area contributed by atoms with Gasteiger partial charge in [-0.2, -0.15) is 5.10 Å². The summed E-state index contributed by atoms with van der Waals surface area (Å²) in [6.45, 7) is 2.08. The van der Waals surface area contributed by atoms with Crippen molar-refractivity contribution in [1.82, 2.24) is 15.1 Å². The second-order valence-corrected chi connectivity index (χ2v) is 3.63. The van der Waals surface area contributed by atoms with E-state index >= 15 is 0 Å². The summed E-state index contributed by atoms with van der Waals surface area (Å²) in [4.78, 5) is 0. The van der Waals surface area contributed by atoms with Crippen molar-refractivity contribution in [3.63, 3.8) is 0 Å². The lowest BCUT2D eigenvalue weighted by Crippen LogP contribution is -2.24. The molecule has 1 fully saturated rings. The molecule has 1 aliphatic rings. The predicted octanol–water partition coefficient (Wildman–Crippen LogP) is 0.937. The Morgan fingerprint density at radius 1 is 1.58 bits per heavy atom. The fourth-order valence-electron chi connectivity index (χ4n) is 1.85. The minimum atomic E-state index is 0.262. The van der Waals surface area contributed by atoms with E-state index in [1.807, 2.05) is 18.8 Å². The van der Waals surface area contributed by atoms with Crippen LogP contribution < -0.4 is 5.32 Å². The Kier molecular flexibility index (Phi) is 1.51. The van der Waals surface area contributed by atoms with Gasteiger partial charge in [0, 0.05) is 24.3 Å². The van der Waals surface area contributed by atoms with E-state index in [2.05, 4.69) is 23.5 Å². The summed E-state index contributed by atoms with van der Waals surface area (Å²) < 4.78 is 1.89. The molecule has 0 amide bonds. The van der Waals surface area contributed by atoms with Gasteiger partial charge in [-0.15, -0.1) is 0 Å². The zero-order chi connectivity index (χ0) is 8.77. The summed E-state index contributed by atoms with van der Waals surface area (Å²) in [5, 5.41) is 7.71. The largest absolute Gasteiger partial charge is 0.310 e. The lowest BCUT2D eigenvalue weighted by molar-refractivity contribution is 0.582. The fourth-order valence-corrected chi connectivity index (χ4v) is 1.85. The molecule has 1 heterocycles. The lowest BCUT2D eigenvalue weighted by Gasteiger charge is -2.11. The normalized spacial score (nSPS) is 19.6. The standard InChI is InChI=1S/C9H15N3/c1-7-8(6-12(3)11-7)9(10-2)4-5-9/h6,10H,4-5H2,1-3H3. The van der Waals surface area contributed by atoms with Gasteiger partial charge in [-0.3, -0.25) is 4.68 Å². The monoisotopic (exact) mass is 165 g/mol. The highest BCUT2D eigenvalue weighted by atomic mass is 15.3. The van der Waals surface area contributed by atoms with E-state index in [-0.39, 0.29) is 5.54 Å². The maximum absolute atomic E-state index is 4.34. The van der Waals surface area contributed by atoms with E-state index in [1.54, 1.807) is 0 Å². The van der Waals surface area contributed by atoms with Crippen molar-refractivity contribution in [2.45, 2.75) is 25.3 Å². The zero-order valence-corrected chi connectivity index (χ0v) is 7.89. The molecule has 0 saturated heterocycles. The van der Waals surface area contributed by atoms with E-state index in [0.717, 1.165) is 5.69 Å². The molecule has 1 aliphatic carbocycles. The first-order valence-electron chi connectivity index (χ1n) is 4.37. The fraction of sp³-hybridized carbons (Fsp3) is 0.667. The summed E-state index contributed by atoms with van der Waals surface area (Å²) in [5.41, 5.74) is 2.79. The molecule has 66 valence electrons. The maximum atomic E-state index is 4.34. The number of aryl methyl sites for hydroxylation is 2. The van der Waals surface area contributed by atoms with Crippen LogP contribution in [0.25, 0.3) is 0 Å². The quantitative estimate of drug-likeness (QED) is 0.706. The van der Waals surface area contributed by atoms with Crippen LogP contribution in [-0.2, 0) is 12.6 Å². The third-order valence-corrected chi connectivity index (χ3v) is 2.76. The number of hydrogen-bond acceptors (Lipinski definition) is 2. The number of hydrogen-bond donors (Lipinski definition) is 1. The molecule has 1 aromatic heterocycles. The Balaban J connectivity index is 2.39. The van der Waals surface area contributed by atoms with Crippen molar-refractivity contribution >= 4 is 0 Å². The molecular weight excluding hydrogens is 150 g/mol. The van der Waals surface area contributed by atoms with E-state index in [1.165, 1.54) is 18.4 Å². The van der Waals surface area contributed by atoms with Crippen LogP contribution in [0, 0.1) is 6.92 Å². The first-order valence-corrected chi connectivity index (χ1v) is 4.37. The molecule has 1 saturated carbocycles. The average molecular weight is 165 g/mol. The Morgan fingerprint density at radius 3 is 2.58 bits per heavy atom. The van der Waals surface area contributed by atoms with Gasteiger partial charge < -0.3 is 5.32 Å². The highest BCUT2D eigenvalue weighted by molar-refractivity contribution is 5.31. The van der Waals surface area contributed by atoms with Gasteiger partial charge in [0.2, 0.25) is 0 Å². The van der Waals surface area contributed by atoms with E-state index in [4.69, 9.17) is 0 Å². The predicted molar refractivity (Wildman–Crippen MR) is 47.9 cm³/mol. The van der Waals surface area contributed by atoms with Crippen molar-refractivity contribution in [1.29, 1.82) is 0 Å². The van der Waals surface area contributed by atoms with Crippen molar-refractivity contribution in [2.75, 3.05) is 7.05 Å². The van der Waals surface area contributed by atoms with Gasteiger partial charge >= 0.3 is 0 Å². The van der Waals surface area contributed by atoms with Gasteiger partial charge in [-0.05, 0) is 26.8 Å². The van der Waals surface area contributed by atoms with Crippen LogP contribution in [0.3, 0.4) is 0 Å². The Hall–Kier alpha value is -0.830. The van der Waals surface area contributed by atoms with Crippen LogP contribution >= 0.6 is 0 Å². The van der Waals surface area contributed by atoms with Gasteiger partial charge in [0.1, 0.15) is 0 Å². The third kappa shape index (κ3) is 0.966. The molecule has 2 rings (SSSR count). The number of aromatic nitrogens is 2. The molecule has 1 N–H and O–H groups in total. The Morgan fingerprint density at radius 2 is 2.25 bits per heavy atom. The first kappa shape index (κ1) is 7.80. The van der Waals surface area contributed by atoms with E-state index in [0.29, 0.717) is 0 Å². The highest BCUT2D eigenvalue weighted by Gasteiger charge is 2.44. The van der Waals surface area contributed by atoms with Crippen LogP contribution in [-0.4, -0.2) is 16.8 Å². The molecule has 0 bridgehead atoms. The van der Waals surface area contributed by atoms with Gasteiger partial charge in [0.25, 0.3) is 0 Å². The van der Waals surface area contributed by atoms with Gasteiger partial charge in [-0.1, -0.05) is 0 Å². The van der Waals surface area contributed by atoms with Crippen LogP contribution in [0.2, 0.25) is 0 Å². The summed E-state index contributed by atoms with van der Waals surface area (Å²) in [6, 6.07) is 0. The molecule has 0 atom stereocenters. The Labute approximate surface area is 72.8 Å². The lowest BCUT2D eigenvalue weighted by atomic mass is 10.1. The average Bonchev–Trinajstić information content (AvgIpc) is 2.74. The van der Waals surface area contributed by atoms with E-state index in [9.17, 15) is 0 Å². The van der Waals surface area contributed by atoms with Crippen molar-refractivity contribution < 1.29 is 0 Å². The molecule has 0 radical (unpaired) electrons. The van der Waals surface area contributed by atoms with Crippen LogP contribution in [0.1, 0.15) is 24.1 Å². The number of rotatable bonds is 2. The highest BCUT2D eigenvalue weighted by Crippen LogP contribution is 2.45. The second kappa shape index (κ2) is 2.33. The van der Waals surface area contributed by atoms with Gasteiger partial charge in [0.15, 0.2) is 0 Å². The van der Waals surface area contributed by atoms with Crippen molar-refractivity contribution in [3.8, 4) is 0 Å². The van der Waals surface area contributed by atoms with Gasteiger partial charge in [0.05, 0.1) is 5.69 Å². The molecule has 1 aromatic rings. The molecule has 0 spiro atoms. The van der Waals surface area contributed by atoms with Crippen LogP contribution in [0.4, 0.5) is 0 Å². The molecule has 0 aliphatic heterocycles. The van der Waals surface area contributed by atoms with Crippen LogP contribution in [0.5, 0.6) is 0 Å². The van der Waals surface area contributed by atoms with Crippen molar-refractivity contribution in [2.24, 2.45) is 7.05 Å².